The molecule has 140 valence electrons. The summed E-state index contributed by atoms with van der Waals surface area (Å²) in [7, 11) is 0. The lowest BCUT2D eigenvalue weighted by atomic mass is 10.0. The fourth-order valence-corrected chi connectivity index (χ4v) is 2.98. The highest BCUT2D eigenvalue weighted by atomic mass is 16.5. The molecular formula is C20H28N4O2. The predicted octanol–water partition coefficient (Wildman–Crippen LogP) is 3.77. The van der Waals surface area contributed by atoms with Crippen molar-refractivity contribution in [1.29, 1.82) is 0 Å². The number of nitrogens with zero attached hydrogens (tertiary/aromatic N) is 3. The second-order valence-electron chi connectivity index (χ2n) is 7.06. The molecule has 0 spiro atoms. The second kappa shape index (κ2) is 8.17. The van der Waals surface area contributed by atoms with Crippen LogP contribution in [0.3, 0.4) is 0 Å². The van der Waals surface area contributed by atoms with Crippen molar-refractivity contribution in [2.75, 3.05) is 5.73 Å². The molecule has 0 aliphatic heterocycles. The Bertz CT molecular complexity index is 764. The first-order valence-electron chi connectivity index (χ1n) is 8.94. The van der Waals surface area contributed by atoms with E-state index >= 15 is 0 Å². The smallest absolute Gasteiger partial charge is 0.255 e. The lowest BCUT2D eigenvalue weighted by molar-refractivity contribution is 0.0644. The normalized spacial score (nSPS) is 11.3. The van der Waals surface area contributed by atoms with Crippen LogP contribution in [0, 0.1) is 0 Å². The molecule has 2 N–H and O–H groups in total. The standard InChI is InChI=1S/C20H28N4O2/c1-12(2)24(13(3)4)19(25)16-10-8-7-9-15(16)17-11-18(26-14(5)6)23-20(21)22-17/h7-14H,1-6H3,(H2,21,22,23). The van der Waals surface area contributed by atoms with E-state index in [1.54, 1.807) is 6.07 Å². The Kier molecular flexibility index (Phi) is 6.18. The predicted molar refractivity (Wildman–Crippen MR) is 104 cm³/mol. The Morgan fingerprint density at radius 3 is 2.23 bits per heavy atom. The van der Waals surface area contributed by atoms with Gasteiger partial charge in [-0.25, -0.2) is 4.98 Å². The van der Waals surface area contributed by atoms with E-state index in [1.807, 2.05) is 70.7 Å². The lowest BCUT2D eigenvalue weighted by Gasteiger charge is -2.31. The van der Waals surface area contributed by atoms with Gasteiger partial charge in [-0.1, -0.05) is 18.2 Å². The highest BCUT2D eigenvalue weighted by molar-refractivity contribution is 6.00. The summed E-state index contributed by atoms with van der Waals surface area (Å²) in [6.07, 6.45) is -0.0357. The first-order valence-corrected chi connectivity index (χ1v) is 8.94. The molecule has 1 aromatic heterocycles. The van der Waals surface area contributed by atoms with Crippen LogP contribution in [0.5, 0.6) is 5.88 Å². The highest BCUT2D eigenvalue weighted by Gasteiger charge is 2.24. The van der Waals surface area contributed by atoms with E-state index in [1.165, 1.54) is 0 Å². The van der Waals surface area contributed by atoms with Gasteiger partial charge in [-0.15, -0.1) is 0 Å². The van der Waals surface area contributed by atoms with Crippen LogP contribution in [0.15, 0.2) is 30.3 Å². The Balaban J connectivity index is 2.53. The van der Waals surface area contributed by atoms with Crippen LogP contribution >= 0.6 is 0 Å². The van der Waals surface area contributed by atoms with Crippen LogP contribution in [0.1, 0.15) is 51.9 Å². The number of carbonyl (C=O) groups is 1. The van der Waals surface area contributed by atoms with Crippen molar-refractivity contribution in [3.63, 3.8) is 0 Å². The summed E-state index contributed by atoms with van der Waals surface area (Å²) in [5.74, 6) is 0.480. The molecule has 1 heterocycles. The summed E-state index contributed by atoms with van der Waals surface area (Å²) < 4.78 is 5.65. The maximum atomic E-state index is 13.2. The van der Waals surface area contributed by atoms with Crippen molar-refractivity contribution in [3.8, 4) is 17.1 Å². The molecule has 2 aromatic rings. The van der Waals surface area contributed by atoms with Gasteiger partial charge in [0.15, 0.2) is 0 Å². The monoisotopic (exact) mass is 356 g/mol. The van der Waals surface area contributed by atoms with Crippen LogP contribution in [0.2, 0.25) is 0 Å². The van der Waals surface area contributed by atoms with E-state index in [4.69, 9.17) is 10.5 Å². The van der Waals surface area contributed by atoms with E-state index in [2.05, 4.69) is 9.97 Å². The van der Waals surface area contributed by atoms with E-state index in [0.717, 1.165) is 0 Å². The van der Waals surface area contributed by atoms with E-state index in [-0.39, 0.29) is 30.0 Å². The average Bonchev–Trinajstić information content (AvgIpc) is 2.52. The molecule has 0 saturated carbocycles. The third kappa shape index (κ3) is 4.50. The Hall–Kier alpha value is -2.63. The summed E-state index contributed by atoms with van der Waals surface area (Å²) in [4.78, 5) is 23.5. The zero-order valence-electron chi connectivity index (χ0n) is 16.4. The molecule has 0 aliphatic rings. The van der Waals surface area contributed by atoms with Crippen molar-refractivity contribution < 1.29 is 9.53 Å². The fraction of sp³-hybridized carbons (Fsp3) is 0.450. The minimum Gasteiger partial charge on any atom is -0.475 e. The topological polar surface area (TPSA) is 81.3 Å². The van der Waals surface area contributed by atoms with Crippen molar-refractivity contribution in [3.05, 3.63) is 35.9 Å². The Morgan fingerprint density at radius 1 is 1.04 bits per heavy atom. The number of anilines is 1. The average molecular weight is 356 g/mol. The highest BCUT2D eigenvalue weighted by Crippen LogP contribution is 2.27. The SMILES string of the molecule is CC(C)Oc1cc(-c2ccccc2C(=O)N(C(C)C)C(C)C)nc(N)n1. The molecule has 0 bridgehead atoms. The molecule has 1 aromatic carbocycles. The van der Waals surface area contributed by atoms with Gasteiger partial charge in [0, 0.05) is 29.3 Å². The Morgan fingerprint density at radius 2 is 1.65 bits per heavy atom. The van der Waals surface area contributed by atoms with Gasteiger partial charge in [0.25, 0.3) is 5.91 Å². The number of rotatable bonds is 6. The fourth-order valence-electron chi connectivity index (χ4n) is 2.98. The molecule has 1 amide bonds. The third-order valence-electron chi connectivity index (χ3n) is 3.86. The third-order valence-corrected chi connectivity index (χ3v) is 3.86. The van der Waals surface area contributed by atoms with Gasteiger partial charge in [-0.3, -0.25) is 4.79 Å². The molecular weight excluding hydrogens is 328 g/mol. The van der Waals surface area contributed by atoms with Crippen molar-refractivity contribution in [2.24, 2.45) is 0 Å². The minimum absolute atomic E-state index is 0.0332. The summed E-state index contributed by atoms with van der Waals surface area (Å²) in [5.41, 5.74) is 7.73. The first kappa shape index (κ1) is 19.7. The van der Waals surface area contributed by atoms with Crippen LogP contribution in [0.25, 0.3) is 11.3 Å². The van der Waals surface area contributed by atoms with E-state index < -0.39 is 0 Å². The van der Waals surface area contributed by atoms with Crippen molar-refractivity contribution in [2.45, 2.75) is 59.7 Å². The number of carbonyl (C=O) groups excluding carboxylic acids is 1. The molecule has 0 fully saturated rings. The number of hydrogen-bond donors (Lipinski definition) is 1. The quantitative estimate of drug-likeness (QED) is 0.852. The Labute approximate surface area is 155 Å². The van der Waals surface area contributed by atoms with E-state index in [9.17, 15) is 4.79 Å². The maximum absolute atomic E-state index is 13.2. The first-order chi connectivity index (χ1) is 12.2. The molecule has 6 heteroatoms. The van der Waals surface area contributed by atoms with Crippen molar-refractivity contribution >= 4 is 11.9 Å². The van der Waals surface area contributed by atoms with Crippen LogP contribution in [0.4, 0.5) is 5.95 Å². The molecule has 26 heavy (non-hydrogen) atoms. The number of ether oxygens (including phenoxy) is 1. The van der Waals surface area contributed by atoms with E-state index in [0.29, 0.717) is 22.7 Å². The van der Waals surface area contributed by atoms with Gasteiger partial charge in [0.05, 0.1) is 11.8 Å². The minimum atomic E-state index is -0.0357. The number of hydrogen-bond acceptors (Lipinski definition) is 5. The summed E-state index contributed by atoms with van der Waals surface area (Å²) in [6, 6.07) is 9.31. The van der Waals surface area contributed by atoms with Gasteiger partial charge >= 0.3 is 0 Å². The molecule has 0 unspecified atom stereocenters. The molecule has 0 atom stereocenters. The van der Waals surface area contributed by atoms with Crippen LogP contribution in [-0.2, 0) is 0 Å². The van der Waals surface area contributed by atoms with Crippen LogP contribution in [-0.4, -0.2) is 39.0 Å². The van der Waals surface area contributed by atoms with Gasteiger partial charge < -0.3 is 15.4 Å². The van der Waals surface area contributed by atoms with Gasteiger partial charge in [-0.05, 0) is 47.6 Å². The van der Waals surface area contributed by atoms with Gasteiger partial charge in [0.2, 0.25) is 11.8 Å². The molecule has 6 nitrogen and oxygen atoms in total. The number of nitrogen functional groups attached to an aromatic ring is 1. The van der Waals surface area contributed by atoms with Gasteiger partial charge in [-0.2, -0.15) is 4.98 Å². The number of benzene rings is 1. The van der Waals surface area contributed by atoms with Gasteiger partial charge in [0.1, 0.15) is 0 Å². The van der Waals surface area contributed by atoms with Crippen molar-refractivity contribution in [1.82, 2.24) is 14.9 Å². The number of nitrogens with two attached hydrogens (primary N) is 1. The molecule has 0 saturated heterocycles. The second-order valence-corrected chi connectivity index (χ2v) is 7.06. The number of amides is 1. The maximum Gasteiger partial charge on any atom is 0.255 e. The zero-order valence-corrected chi connectivity index (χ0v) is 16.4. The summed E-state index contributed by atoms with van der Waals surface area (Å²) in [6.45, 7) is 11.9. The zero-order chi connectivity index (χ0) is 19.4. The summed E-state index contributed by atoms with van der Waals surface area (Å²) >= 11 is 0. The summed E-state index contributed by atoms with van der Waals surface area (Å²) in [5, 5.41) is 0. The van der Waals surface area contributed by atoms with Crippen LogP contribution < -0.4 is 10.5 Å². The largest absolute Gasteiger partial charge is 0.475 e. The lowest BCUT2D eigenvalue weighted by Crippen LogP contribution is -2.42. The molecule has 0 radical (unpaired) electrons. The number of aromatic nitrogens is 2. The molecule has 2 rings (SSSR count). The molecule has 0 aliphatic carbocycles.